The first-order valence-corrected chi connectivity index (χ1v) is 14.5. The van der Waals surface area contributed by atoms with Crippen LogP contribution in [0.25, 0.3) is 0 Å². The van der Waals surface area contributed by atoms with E-state index in [-0.39, 0.29) is 0 Å². The van der Waals surface area contributed by atoms with Gasteiger partial charge in [0.15, 0.2) is 10.3 Å². The van der Waals surface area contributed by atoms with E-state index in [2.05, 4.69) is 54.8 Å². The Bertz CT molecular complexity index is 1100. The van der Waals surface area contributed by atoms with Crippen molar-refractivity contribution in [2.75, 3.05) is 36.2 Å². The van der Waals surface area contributed by atoms with Crippen molar-refractivity contribution >= 4 is 58.4 Å². The smallest absolute Gasteiger partial charge is 0.190 e. The fourth-order valence-corrected chi connectivity index (χ4v) is 4.34. The summed E-state index contributed by atoms with van der Waals surface area (Å²) < 4.78 is 0. The molecule has 0 atom stereocenters. The number of anilines is 2. The molecule has 2 aromatic heterocycles. The van der Waals surface area contributed by atoms with Crippen LogP contribution in [0.1, 0.15) is 11.1 Å². The van der Waals surface area contributed by atoms with E-state index in [4.69, 9.17) is 23.2 Å². The van der Waals surface area contributed by atoms with Gasteiger partial charge in [0.25, 0.3) is 0 Å². The Kier molecular flexibility index (Phi) is 12.1. The molecule has 0 aliphatic carbocycles. The molecule has 36 heavy (non-hydrogen) atoms. The van der Waals surface area contributed by atoms with E-state index in [1.54, 1.807) is 12.1 Å². The minimum absolute atomic E-state index is 0.469. The lowest BCUT2D eigenvalue weighted by atomic mass is 10.1. The fraction of sp³-hybridized carbons (Fsp3) is 0.231. The van der Waals surface area contributed by atoms with Crippen molar-refractivity contribution in [3.05, 3.63) is 94.2 Å². The molecule has 0 unspecified atom stereocenters. The van der Waals surface area contributed by atoms with Gasteiger partial charge in [0.1, 0.15) is 21.9 Å². The molecule has 0 bridgehead atoms. The second-order valence-electron chi connectivity index (χ2n) is 7.45. The number of hydrogen-bond donors (Lipinski definition) is 2. The average Bonchev–Trinajstić information content (AvgIpc) is 2.89. The first-order valence-electron chi connectivity index (χ1n) is 11.3. The molecule has 2 aromatic carbocycles. The molecule has 0 saturated carbocycles. The maximum atomic E-state index is 5.92. The molecule has 2 N–H and O–H groups in total. The van der Waals surface area contributed by atoms with Gasteiger partial charge in [-0.3, -0.25) is 0 Å². The topological polar surface area (TPSA) is 75.6 Å². The molecular formula is C26H28Cl2N6S2. The molecule has 0 spiro atoms. The lowest BCUT2D eigenvalue weighted by Gasteiger charge is -2.07. The Morgan fingerprint density at radius 3 is 1.36 bits per heavy atom. The van der Waals surface area contributed by atoms with Gasteiger partial charge in [-0.2, -0.15) is 0 Å². The van der Waals surface area contributed by atoms with E-state index >= 15 is 0 Å². The summed E-state index contributed by atoms with van der Waals surface area (Å²) in [6.07, 6.45) is 5.77. The number of halogens is 2. The molecule has 0 aliphatic rings. The lowest BCUT2D eigenvalue weighted by molar-refractivity contribution is 0.941. The highest BCUT2D eigenvalue weighted by atomic mass is 35.5. The highest BCUT2D eigenvalue weighted by molar-refractivity contribution is 7.98. The van der Waals surface area contributed by atoms with Gasteiger partial charge < -0.3 is 10.6 Å². The molecule has 6 nitrogen and oxygen atoms in total. The van der Waals surface area contributed by atoms with Crippen molar-refractivity contribution in [1.29, 1.82) is 0 Å². The molecule has 4 aromatic rings. The van der Waals surface area contributed by atoms with E-state index < -0.39 is 0 Å². The van der Waals surface area contributed by atoms with Crippen LogP contribution in [-0.2, 0) is 12.8 Å². The van der Waals surface area contributed by atoms with Crippen LogP contribution in [0.3, 0.4) is 0 Å². The molecule has 0 aliphatic heterocycles. The van der Waals surface area contributed by atoms with Crippen molar-refractivity contribution in [2.24, 2.45) is 0 Å². The maximum absolute atomic E-state index is 5.92. The third-order valence-corrected chi connectivity index (χ3v) is 6.32. The zero-order chi connectivity index (χ0) is 25.6. The summed E-state index contributed by atoms with van der Waals surface area (Å²) in [7, 11) is 0. The molecule has 10 heteroatoms. The number of thioether (sulfide) groups is 2. The minimum Gasteiger partial charge on any atom is -0.370 e. The van der Waals surface area contributed by atoms with Gasteiger partial charge in [-0.15, -0.1) is 0 Å². The van der Waals surface area contributed by atoms with E-state index in [0.29, 0.717) is 20.6 Å². The Labute approximate surface area is 231 Å². The zero-order valence-corrected chi connectivity index (χ0v) is 23.3. The van der Waals surface area contributed by atoms with Crippen LogP contribution in [0.15, 0.2) is 83.1 Å². The van der Waals surface area contributed by atoms with Crippen LogP contribution in [0.5, 0.6) is 0 Å². The van der Waals surface area contributed by atoms with Crippen LogP contribution in [0, 0.1) is 0 Å². The summed E-state index contributed by atoms with van der Waals surface area (Å²) >= 11 is 14.8. The molecule has 0 saturated heterocycles. The molecule has 2 heterocycles. The van der Waals surface area contributed by atoms with E-state index in [1.807, 2.05) is 48.9 Å². The van der Waals surface area contributed by atoms with Crippen LogP contribution >= 0.6 is 46.7 Å². The number of nitrogens with zero attached hydrogens (tertiary/aromatic N) is 4. The number of benzene rings is 2. The van der Waals surface area contributed by atoms with Gasteiger partial charge in [0.05, 0.1) is 0 Å². The van der Waals surface area contributed by atoms with E-state index in [1.165, 1.54) is 34.7 Å². The molecule has 188 valence electrons. The standard InChI is InChI=1S/2C13H14ClN3S/c2*1-18-13-16-11(14)9-12(17-13)15-8-7-10-5-3-2-4-6-10/h2*2-6,9H,7-8H2,1H3,(H,15,16,17). The Morgan fingerprint density at radius 1 is 0.611 bits per heavy atom. The first kappa shape index (κ1) is 28.1. The maximum Gasteiger partial charge on any atom is 0.190 e. The highest BCUT2D eigenvalue weighted by Gasteiger charge is 2.03. The minimum atomic E-state index is 0.469. The molecule has 0 radical (unpaired) electrons. The van der Waals surface area contributed by atoms with E-state index in [0.717, 1.165) is 37.6 Å². The first-order chi connectivity index (χ1) is 17.6. The fourth-order valence-electron chi connectivity index (χ4n) is 3.12. The van der Waals surface area contributed by atoms with Gasteiger partial charge in [-0.05, 0) is 36.5 Å². The normalized spacial score (nSPS) is 10.3. The average molecular weight is 560 g/mol. The predicted octanol–water partition coefficient (Wildman–Crippen LogP) is 7.01. The number of nitrogens with one attached hydrogen (secondary N) is 2. The molecule has 0 amide bonds. The third-order valence-electron chi connectivity index (χ3n) is 4.84. The lowest BCUT2D eigenvalue weighted by Crippen LogP contribution is -2.07. The van der Waals surface area contributed by atoms with Gasteiger partial charge in [0.2, 0.25) is 0 Å². The van der Waals surface area contributed by atoms with E-state index in [9.17, 15) is 0 Å². The van der Waals surface area contributed by atoms with Gasteiger partial charge >= 0.3 is 0 Å². The number of aromatic nitrogens is 4. The van der Waals surface area contributed by atoms with Gasteiger partial charge in [-0.1, -0.05) is 107 Å². The van der Waals surface area contributed by atoms with Crippen molar-refractivity contribution < 1.29 is 0 Å². The van der Waals surface area contributed by atoms with Crippen LogP contribution in [-0.4, -0.2) is 45.5 Å². The summed E-state index contributed by atoms with van der Waals surface area (Å²) in [4.78, 5) is 16.9. The third kappa shape index (κ3) is 10.2. The van der Waals surface area contributed by atoms with Crippen LogP contribution < -0.4 is 10.6 Å². The molecular weight excluding hydrogens is 531 g/mol. The van der Waals surface area contributed by atoms with Crippen LogP contribution in [0.2, 0.25) is 10.3 Å². The quantitative estimate of drug-likeness (QED) is 0.122. The predicted molar refractivity (Wildman–Crippen MR) is 155 cm³/mol. The summed E-state index contributed by atoms with van der Waals surface area (Å²) in [6, 6.07) is 24.2. The van der Waals surface area contributed by atoms with Crippen molar-refractivity contribution in [3.8, 4) is 0 Å². The van der Waals surface area contributed by atoms with Gasteiger partial charge in [-0.25, -0.2) is 19.9 Å². The zero-order valence-electron chi connectivity index (χ0n) is 20.1. The largest absolute Gasteiger partial charge is 0.370 e. The second kappa shape index (κ2) is 15.6. The Balaban J connectivity index is 0.000000201. The Hall–Kier alpha value is -2.52. The summed E-state index contributed by atoms with van der Waals surface area (Å²) in [5.41, 5.74) is 2.60. The monoisotopic (exact) mass is 558 g/mol. The SMILES string of the molecule is CSc1nc(Cl)cc(NCCc2ccccc2)n1.CSc1nc(Cl)cc(NCCc2ccccc2)n1. The van der Waals surface area contributed by atoms with Crippen molar-refractivity contribution in [2.45, 2.75) is 23.2 Å². The second-order valence-corrected chi connectivity index (χ2v) is 9.77. The molecule has 0 fully saturated rings. The number of rotatable bonds is 10. The van der Waals surface area contributed by atoms with Crippen LogP contribution in [0.4, 0.5) is 11.6 Å². The Morgan fingerprint density at radius 2 is 1.00 bits per heavy atom. The van der Waals surface area contributed by atoms with Gasteiger partial charge in [0, 0.05) is 25.2 Å². The number of hydrogen-bond acceptors (Lipinski definition) is 8. The summed E-state index contributed by atoms with van der Waals surface area (Å²) in [6.45, 7) is 1.65. The summed E-state index contributed by atoms with van der Waals surface area (Å²) in [5, 5.41) is 8.83. The van der Waals surface area contributed by atoms with Crippen molar-refractivity contribution in [3.63, 3.8) is 0 Å². The van der Waals surface area contributed by atoms with Crippen molar-refractivity contribution in [1.82, 2.24) is 19.9 Å². The molecule has 4 rings (SSSR count). The summed E-state index contributed by atoms with van der Waals surface area (Å²) in [5.74, 6) is 1.55. The highest BCUT2D eigenvalue weighted by Crippen LogP contribution is 2.18.